The normalized spacial score (nSPS) is 15.2. The smallest absolute Gasteiger partial charge is 0.274 e. The zero-order chi connectivity index (χ0) is 18.0. The largest absolute Gasteiger partial charge is 0.334 e. The second-order valence-corrected chi connectivity index (χ2v) is 8.01. The molecule has 3 rings (SSSR count). The van der Waals surface area contributed by atoms with Gasteiger partial charge in [0.2, 0.25) is 10.0 Å². The Morgan fingerprint density at radius 1 is 1.24 bits per heavy atom. The molecule has 0 saturated carbocycles. The van der Waals surface area contributed by atoms with Gasteiger partial charge in [0.15, 0.2) is 0 Å². The Kier molecular flexibility index (Phi) is 4.78. The molecule has 2 aromatic rings. The van der Waals surface area contributed by atoms with Gasteiger partial charge in [-0.1, -0.05) is 0 Å². The van der Waals surface area contributed by atoms with Crippen molar-refractivity contribution >= 4 is 15.9 Å². The molecule has 1 aliphatic heterocycles. The quantitative estimate of drug-likeness (QED) is 0.768. The molecule has 9 heteroatoms. The summed E-state index contributed by atoms with van der Waals surface area (Å²) in [6, 6.07) is 3.31. The maximum absolute atomic E-state index is 12.4. The lowest BCUT2D eigenvalue weighted by Crippen LogP contribution is -2.61. The number of aryl methyl sites for hydroxylation is 1. The van der Waals surface area contributed by atoms with Gasteiger partial charge in [-0.3, -0.25) is 14.8 Å². The lowest BCUT2D eigenvalue weighted by Gasteiger charge is -2.44. The molecule has 3 heterocycles. The summed E-state index contributed by atoms with van der Waals surface area (Å²) >= 11 is 0. The van der Waals surface area contributed by atoms with E-state index in [1.807, 2.05) is 0 Å². The van der Waals surface area contributed by atoms with Crippen LogP contribution in [0.25, 0.3) is 0 Å². The lowest BCUT2D eigenvalue weighted by molar-refractivity contribution is 0.0437. The SMILES string of the molecule is Cc1cnc(C(=O)N2CC(N(Cc3ccncc3)S(C)(=O)=O)C2)cn1. The van der Waals surface area contributed by atoms with Crippen LogP contribution in [0.15, 0.2) is 36.9 Å². The zero-order valence-electron chi connectivity index (χ0n) is 14.0. The topological polar surface area (TPSA) is 96.4 Å². The number of sulfonamides is 1. The van der Waals surface area contributed by atoms with Gasteiger partial charge in [-0.2, -0.15) is 4.31 Å². The molecule has 0 spiro atoms. The van der Waals surface area contributed by atoms with Crippen LogP contribution in [0.5, 0.6) is 0 Å². The average molecular weight is 361 g/mol. The van der Waals surface area contributed by atoms with Crippen molar-refractivity contribution in [1.82, 2.24) is 24.2 Å². The van der Waals surface area contributed by atoms with E-state index in [0.717, 1.165) is 11.3 Å². The van der Waals surface area contributed by atoms with Gasteiger partial charge >= 0.3 is 0 Å². The highest BCUT2D eigenvalue weighted by Gasteiger charge is 2.39. The summed E-state index contributed by atoms with van der Waals surface area (Å²) in [5, 5.41) is 0. The number of nitrogens with zero attached hydrogens (tertiary/aromatic N) is 5. The van der Waals surface area contributed by atoms with Crippen LogP contribution in [0, 0.1) is 6.92 Å². The Bertz CT molecular complexity index is 849. The number of carbonyl (C=O) groups excluding carboxylic acids is 1. The number of rotatable bonds is 5. The fourth-order valence-corrected chi connectivity index (χ4v) is 3.71. The third-order valence-electron chi connectivity index (χ3n) is 4.07. The Balaban J connectivity index is 1.67. The number of amides is 1. The number of hydrogen-bond donors (Lipinski definition) is 0. The third kappa shape index (κ3) is 3.99. The summed E-state index contributed by atoms with van der Waals surface area (Å²) in [7, 11) is -3.40. The van der Waals surface area contributed by atoms with Crippen molar-refractivity contribution in [2.45, 2.75) is 19.5 Å². The second-order valence-electron chi connectivity index (χ2n) is 6.07. The molecule has 132 valence electrons. The summed E-state index contributed by atoms with van der Waals surface area (Å²) in [5.41, 5.74) is 1.86. The zero-order valence-corrected chi connectivity index (χ0v) is 14.8. The van der Waals surface area contributed by atoms with E-state index in [0.29, 0.717) is 13.1 Å². The van der Waals surface area contributed by atoms with Gasteiger partial charge in [-0.05, 0) is 24.6 Å². The number of aromatic nitrogens is 3. The standard InChI is InChI=1S/C16H19N5O3S/c1-12-7-19-15(8-18-12)16(22)20-10-14(11-20)21(25(2,23)24)9-13-3-5-17-6-4-13/h3-8,14H,9-11H2,1-2H3. The van der Waals surface area contributed by atoms with Crippen LogP contribution in [-0.4, -0.2) is 63.9 Å². The molecule has 0 N–H and O–H groups in total. The predicted octanol–water partition coefficient (Wildman–Crippen LogP) is 0.466. The van der Waals surface area contributed by atoms with Crippen molar-refractivity contribution < 1.29 is 13.2 Å². The van der Waals surface area contributed by atoms with E-state index in [9.17, 15) is 13.2 Å². The van der Waals surface area contributed by atoms with Crippen molar-refractivity contribution in [1.29, 1.82) is 0 Å². The molecule has 0 aromatic carbocycles. The first-order valence-electron chi connectivity index (χ1n) is 7.78. The molecule has 8 nitrogen and oxygen atoms in total. The Morgan fingerprint density at radius 2 is 1.92 bits per heavy atom. The molecule has 25 heavy (non-hydrogen) atoms. The summed E-state index contributed by atoms with van der Waals surface area (Å²) in [5.74, 6) is -0.235. The fourth-order valence-electron chi connectivity index (χ4n) is 2.65. The van der Waals surface area contributed by atoms with Crippen LogP contribution >= 0.6 is 0 Å². The average Bonchev–Trinajstić information content (AvgIpc) is 2.53. The maximum atomic E-state index is 12.4. The first kappa shape index (κ1) is 17.4. The highest BCUT2D eigenvalue weighted by Crippen LogP contribution is 2.22. The van der Waals surface area contributed by atoms with Crippen molar-refractivity contribution in [3.63, 3.8) is 0 Å². The van der Waals surface area contributed by atoms with Gasteiger partial charge < -0.3 is 4.90 Å². The van der Waals surface area contributed by atoms with E-state index in [4.69, 9.17) is 0 Å². The summed E-state index contributed by atoms with van der Waals surface area (Å²) in [4.78, 5) is 26.0. The molecule has 0 radical (unpaired) electrons. The lowest BCUT2D eigenvalue weighted by atomic mass is 10.1. The van der Waals surface area contributed by atoms with E-state index in [1.54, 1.807) is 36.4 Å². The van der Waals surface area contributed by atoms with Crippen LogP contribution < -0.4 is 0 Å². The molecular formula is C16H19N5O3S. The molecule has 2 aromatic heterocycles. The molecule has 0 atom stereocenters. The van der Waals surface area contributed by atoms with Gasteiger partial charge in [-0.15, -0.1) is 0 Å². The molecular weight excluding hydrogens is 342 g/mol. The van der Waals surface area contributed by atoms with E-state index < -0.39 is 10.0 Å². The van der Waals surface area contributed by atoms with Crippen LogP contribution in [0.4, 0.5) is 0 Å². The van der Waals surface area contributed by atoms with Crippen LogP contribution in [-0.2, 0) is 16.6 Å². The number of carbonyl (C=O) groups is 1. The van der Waals surface area contributed by atoms with E-state index in [1.165, 1.54) is 23.0 Å². The summed E-state index contributed by atoms with van der Waals surface area (Å²) in [6.45, 7) is 2.74. The molecule has 0 unspecified atom stereocenters. The fraction of sp³-hybridized carbons (Fsp3) is 0.375. The molecule has 1 amide bonds. The minimum Gasteiger partial charge on any atom is -0.334 e. The maximum Gasteiger partial charge on any atom is 0.274 e. The van der Waals surface area contributed by atoms with Crippen molar-refractivity contribution in [2.24, 2.45) is 0 Å². The summed E-state index contributed by atoms with van der Waals surface area (Å²) in [6.07, 6.45) is 7.42. The first-order valence-corrected chi connectivity index (χ1v) is 9.63. The van der Waals surface area contributed by atoms with E-state index in [-0.39, 0.29) is 24.2 Å². The van der Waals surface area contributed by atoms with E-state index >= 15 is 0 Å². The van der Waals surface area contributed by atoms with Gasteiger partial charge in [-0.25, -0.2) is 13.4 Å². The first-order chi connectivity index (χ1) is 11.8. The molecule has 1 fully saturated rings. The molecule has 0 bridgehead atoms. The monoisotopic (exact) mass is 361 g/mol. The molecule has 1 aliphatic rings. The number of likely N-dealkylation sites (tertiary alicyclic amines) is 1. The van der Waals surface area contributed by atoms with Crippen LogP contribution in [0.1, 0.15) is 21.7 Å². The Morgan fingerprint density at radius 3 is 2.48 bits per heavy atom. The highest BCUT2D eigenvalue weighted by atomic mass is 32.2. The number of hydrogen-bond acceptors (Lipinski definition) is 6. The van der Waals surface area contributed by atoms with Gasteiger partial charge in [0.1, 0.15) is 5.69 Å². The van der Waals surface area contributed by atoms with Gasteiger partial charge in [0.25, 0.3) is 5.91 Å². The van der Waals surface area contributed by atoms with E-state index in [2.05, 4.69) is 15.0 Å². The minimum atomic E-state index is -3.40. The Hall–Kier alpha value is -2.39. The van der Waals surface area contributed by atoms with Gasteiger partial charge in [0, 0.05) is 38.2 Å². The van der Waals surface area contributed by atoms with Crippen molar-refractivity contribution in [3.8, 4) is 0 Å². The number of pyridine rings is 1. The molecule has 0 aliphatic carbocycles. The Labute approximate surface area is 146 Å². The van der Waals surface area contributed by atoms with Crippen LogP contribution in [0.3, 0.4) is 0 Å². The summed E-state index contributed by atoms with van der Waals surface area (Å²) < 4.78 is 25.7. The third-order valence-corrected chi connectivity index (χ3v) is 5.35. The highest BCUT2D eigenvalue weighted by molar-refractivity contribution is 7.88. The van der Waals surface area contributed by atoms with Crippen LogP contribution in [0.2, 0.25) is 0 Å². The van der Waals surface area contributed by atoms with Crippen molar-refractivity contribution in [2.75, 3.05) is 19.3 Å². The molecule has 1 saturated heterocycles. The van der Waals surface area contributed by atoms with Gasteiger partial charge in [0.05, 0.1) is 24.2 Å². The second kappa shape index (κ2) is 6.85. The predicted molar refractivity (Wildman–Crippen MR) is 91.1 cm³/mol. The minimum absolute atomic E-state index is 0.235. The van der Waals surface area contributed by atoms with Crippen molar-refractivity contribution in [3.05, 3.63) is 53.9 Å².